The Morgan fingerprint density at radius 3 is 2.54 bits per heavy atom. The maximum absolute atomic E-state index is 11.1. The van der Waals surface area contributed by atoms with Crippen molar-refractivity contribution < 1.29 is 14.7 Å². The van der Waals surface area contributed by atoms with Gasteiger partial charge in [-0.25, -0.2) is 4.98 Å². The van der Waals surface area contributed by atoms with Crippen LogP contribution in [0.15, 0.2) is 12.4 Å². The van der Waals surface area contributed by atoms with Crippen LogP contribution in [0.25, 0.3) is 0 Å². The maximum atomic E-state index is 11.1. The number of aryl methyl sites for hydroxylation is 1. The van der Waals surface area contributed by atoms with Gasteiger partial charge in [0.1, 0.15) is 12.1 Å². The summed E-state index contributed by atoms with van der Waals surface area (Å²) in [6.07, 6.45) is 2.16. The SMILES string of the molecule is Cc1cnc(C(=O)CC(=O)O)cn1. The van der Waals surface area contributed by atoms with Gasteiger partial charge in [-0.3, -0.25) is 14.6 Å². The van der Waals surface area contributed by atoms with Crippen molar-refractivity contribution in [2.24, 2.45) is 0 Å². The maximum Gasteiger partial charge on any atom is 0.311 e. The van der Waals surface area contributed by atoms with Crippen molar-refractivity contribution in [3.8, 4) is 0 Å². The average molecular weight is 180 g/mol. The monoisotopic (exact) mass is 180 g/mol. The highest BCUT2D eigenvalue weighted by molar-refractivity contribution is 6.04. The number of carbonyl (C=O) groups excluding carboxylic acids is 1. The highest BCUT2D eigenvalue weighted by Gasteiger charge is 2.11. The number of Topliss-reactive ketones (excluding diaryl/α,β-unsaturated/α-hetero) is 1. The van der Waals surface area contributed by atoms with E-state index in [1.54, 1.807) is 6.92 Å². The Kier molecular flexibility index (Phi) is 2.69. The quantitative estimate of drug-likeness (QED) is 0.539. The Morgan fingerprint density at radius 2 is 2.08 bits per heavy atom. The number of carbonyl (C=O) groups is 2. The number of aromatic nitrogens is 2. The van der Waals surface area contributed by atoms with E-state index in [-0.39, 0.29) is 5.69 Å². The number of hydrogen-bond donors (Lipinski definition) is 1. The first-order chi connectivity index (χ1) is 6.09. The molecular formula is C8H8N2O3. The van der Waals surface area contributed by atoms with E-state index in [0.29, 0.717) is 5.69 Å². The smallest absolute Gasteiger partial charge is 0.311 e. The Labute approximate surface area is 74.4 Å². The zero-order chi connectivity index (χ0) is 9.84. The second-order valence-corrected chi connectivity index (χ2v) is 2.54. The van der Waals surface area contributed by atoms with Crippen LogP contribution in [0.2, 0.25) is 0 Å². The van der Waals surface area contributed by atoms with Crippen LogP contribution in [0.1, 0.15) is 22.6 Å². The first-order valence-electron chi connectivity index (χ1n) is 3.63. The standard InChI is InChI=1S/C8H8N2O3/c1-5-3-10-6(4-9-5)7(11)2-8(12)13/h3-4H,2H2,1H3,(H,12,13). The lowest BCUT2D eigenvalue weighted by Crippen LogP contribution is -2.09. The zero-order valence-electron chi connectivity index (χ0n) is 7.02. The Morgan fingerprint density at radius 1 is 1.38 bits per heavy atom. The molecule has 1 aromatic rings. The Balaban J connectivity index is 2.78. The molecule has 0 bridgehead atoms. The third kappa shape index (κ3) is 2.62. The zero-order valence-corrected chi connectivity index (χ0v) is 7.02. The van der Waals surface area contributed by atoms with Crippen molar-refractivity contribution >= 4 is 11.8 Å². The summed E-state index contributed by atoms with van der Waals surface area (Å²) >= 11 is 0. The van der Waals surface area contributed by atoms with E-state index in [0.717, 1.165) is 0 Å². The van der Waals surface area contributed by atoms with E-state index >= 15 is 0 Å². The van der Waals surface area contributed by atoms with E-state index in [1.165, 1.54) is 12.4 Å². The van der Waals surface area contributed by atoms with Crippen LogP contribution in [-0.2, 0) is 4.79 Å². The number of aliphatic carboxylic acids is 1. The molecule has 0 saturated heterocycles. The van der Waals surface area contributed by atoms with Crippen molar-refractivity contribution in [1.82, 2.24) is 9.97 Å². The summed E-state index contributed by atoms with van der Waals surface area (Å²) in [5.74, 6) is -1.69. The van der Waals surface area contributed by atoms with Crippen molar-refractivity contribution in [1.29, 1.82) is 0 Å². The van der Waals surface area contributed by atoms with Crippen LogP contribution in [0.4, 0.5) is 0 Å². The van der Waals surface area contributed by atoms with Gasteiger partial charge in [0.05, 0.1) is 11.9 Å². The topological polar surface area (TPSA) is 80.2 Å². The third-order valence-electron chi connectivity index (χ3n) is 1.38. The van der Waals surface area contributed by atoms with E-state index in [2.05, 4.69) is 9.97 Å². The highest BCUT2D eigenvalue weighted by atomic mass is 16.4. The van der Waals surface area contributed by atoms with Crippen molar-refractivity contribution in [2.75, 3.05) is 0 Å². The van der Waals surface area contributed by atoms with Gasteiger partial charge in [-0.2, -0.15) is 0 Å². The fraction of sp³-hybridized carbons (Fsp3) is 0.250. The molecule has 0 unspecified atom stereocenters. The Hall–Kier alpha value is -1.78. The molecule has 5 nitrogen and oxygen atoms in total. The third-order valence-corrected chi connectivity index (χ3v) is 1.38. The molecule has 1 rings (SSSR count). The first-order valence-corrected chi connectivity index (χ1v) is 3.63. The second-order valence-electron chi connectivity index (χ2n) is 2.54. The molecule has 0 fully saturated rings. The molecule has 0 aliphatic heterocycles. The van der Waals surface area contributed by atoms with Gasteiger partial charge in [0.2, 0.25) is 0 Å². The van der Waals surface area contributed by atoms with Crippen molar-refractivity contribution in [3.05, 3.63) is 23.8 Å². The molecule has 5 heteroatoms. The summed E-state index contributed by atoms with van der Waals surface area (Å²) in [6, 6.07) is 0. The van der Waals surface area contributed by atoms with Crippen LogP contribution in [0, 0.1) is 6.92 Å². The fourth-order valence-corrected chi connectivity index (χ4v) is 0.764. The summed E-state index contributed by atoms with van der Waals surface area (Å²) in [6.45, 7) is 1.73. The largest absolute Gasteiger partial charge is 0.481 e. The molecule has 68 valence electrons. The van der Waals surface area contributed by atoms with Gasteiger partial charge < -0.3 is 5.11 Å². The van der Waals surface area contributed by atoms with Crippen LogP contribution in [0.5, 0.6) is 0 Å². The van der Waals surface area contributed by atoms with Crippen molar-refractivity contribution in [2.45, 2.75) is 13.3 Å². The summed E-state index contributed by atoms with van der Waals surface area (Å²) in [7, 11) is 0. The van der Waals surface area contributed by atoms with E-state index in [9.17, 15) is 9.59 Å². The minimum Gasteiger partial charge on any atom is -0.481 e. The molecule has 0 atom stereocenters. The molecule has 0 aliphatic rings. The molecular weight excluding hydrogens is 172 g/mol. The van der Waals surface area contributed by atoms with Gasteiger partial charge in [-0.15, -0.1) is 0 Å². The first kappa shape index (κ1) is 9.31. The Bertz CT molecular complexity index is 332. The van der Waals surface area contributed by atoms with Crippen LogP contribution >= 0.6 is 0 Å². The van der Waals surface area contributed by atoms with Crippen LogP contribution in [0.3, 0.4) is 0 Å². The molecule has 0 aromatic carbocycles. The van der Waals surface area contributed by atoms with Gasteiger partial charge >= 0.3 is 5.97 Å². The fourth-order valence-electron chi connectivity index (χ4n) is 0.764. The van der Waals surface area contributed by atoms with Gasteiger partial charge in [0, 0.05) is 6.20 Å². The second kappa shape index (κ2) is 3.75. The highest BCUT2D eigenvalue weighted by Crippen LogP contribution is 1.98. The number of rotatable bonds is 3. The molecule has 0 radical (unpaired) electrons. The lowest BCUT2D eigenvalue weighted by Gasteiger charge is -1.96. The predicted octanol–water partition coefficient (Wildman–Crippen LogP) is 0.442. The number of nitrogens with zero attached hydrogens (tertiary/aromatic N) is 2. The van der Waals surface area contributed by atoms with Crippen LogP contribution < -0.4 is 0 Å². The molecule has 1 heterocycles. The number of carboxylic acids is 1. The molecule has 0 saturated carbocycles. The molecule has 0 spiro atoms. The minimum atomic E-state index is -1.16. The van der Waals surface area contributed by atoms with E-state index < -0.39 is 18.2 Å². The average Bonchev–Trinajstić information content (AvgIpc) is 2.04. The lowest BCUT2D eigenvalue weighted by molar-refractivity contribution is -0.135. The minimum absolute atomic E-state index is 0.0907. The number of ketones is 1. The van der Waals surface area contributed by atoms with Gasteiger partial charge in [-0.1, -0.05) is 0 Å². The van der Waals surface area contributed by atoms with Gasteiger partial charge in [0.15, 0.2) is 5.78 Å². The number of hydrogen-bond acceptors (Lipinski definition) is 4. The summed E-state index contributed by atoms with van der Waals surface area (Å²) < 4.78 is 0. The summed E-state index contributed by atoms with van der Waals surface area (Å²) in [4.78, 5) is 28.9. The van der Waals surface area contributed by atoms with E-state index in [1.807, 2.05) is 0 Å². The predicted molar refractivity (Wildman–Crippen MR) is 43.4 cm³/mol. The van der Waals surface area contributed by atoms with Crippen molar-refractivity contribution in [3.63, 3.8) is 0 Å². The molecule has 1 aromatic heterocycles. The van der Waals surface area contributed by atoms with Gasteiger partial charge in [-0.05, 0) is 6.92 Å². The number of carboxylic acid groups (broad SMARTS) is 1. The molecule has 1 N–H and O–H groups in total. The lowest BCUT2D eigenvalue weighted by atomic mass is 10.2. The van der Waals surface area contributed by atoms with E-state index in [4.69, 9.17) is 5.11 Å². The molecule has 13 heavy (non-hydrogen) atoms. The molecule has 0 aliphatic carbocycles. The normalized spacial score (nSPS) is 9.62. The van der Waals surface area contributed by atoms with Gasteiger partial charge in [0.25, 0.3) is 0 Å². The van der Waals surface area contributed by atoms with Crippen LogP contribution in [-0.4, -0.2) is 26.8 Å². The summed E-state index contributed by atoms with van der Waals surface area (Å²) in [5, 5.41) is 8.33. The molecule has 0 amide bonds. The summed E-state index contributed by atoms with van der Waals surface area (Å²) in [5.41, 5.74) is 0.778.